The van der Waals surface area contributed by atoms with Gasteiger partial charge in [0.1, 0.15) is 5.69 Å². The molecule has 0 radical (unpaired) electrons. The van der Waals surface area contributed by atoms with Crippen LogP contribution in [-0.2, 0) is 0 Å². The van der Waals surface area contributed by atoms with Crippen molar-refractivity contribution in [2.75, 3.05) is 0 Å². The Balaban J connectivity index is 0.000000152. The Bertz CT molecular complexity index is 984. The van der Waals surface area contributed by atoms with Gasteiger partial charge >= 0.3 is 0 Å². The fraction of sp³-hybridized carbons (Fsp3) is 0.625. The van der Waals surface area contributed by atoms with Crippen LogP contribution in [0.15, 0.2) is 29.3 Å². The Morgan fingerprint density at radius 2 is 1.81 bits per heavy atom. The molecule has 3 saturated carbocycles. The third-order valence-corrected chi connectivity index (χ3v) is 7.55. The molecule has 5 rings (SSSR count). The number of rotatable bonds is 2. The second kappa shape index (κ2) is 8.67. The van der Waals surface area contributed by atoms with Crippen LogP contribution in [0.25, 0.3) is 10.9 Å². The van der Waals surface area contributed by atoms with Crippen LogP contribution in [0.4, 0.5) is 8.78 Å². The highest BCUT2D eigenvalue weighted by Crippen LogP contribution is 2.55. The van der Waals surface area contributed by atoms with Crippen molar-refractivity contribution in [3.63, 3.8) is 0 Å². The average molecular weight is 432 g/mol. The number of fused-ring (bicyclic) bond motifs is 2. The lowest BCUT2D eigenvalue weighted by Crippen LogP contribution is -2.21. The van der Waals surface area contributed by atoms with E-state index in [1.165, 1.54) is 44.1 Å². The number of pyridine rings is 2. The average Bonchev–Trinajstić information content (AvgIpc) is 3.22. The Hall–Kier alpha value is -2.31. The summed E-state index contributed by atoms with van der Waals surface area (Å²) in [5, 5.41) is 0.238. The molecule has 2 heterocycles. The van der Waals surface area contributed by atoms with Crippen LogP contribution in [0, 0.1) is 29.6 Å². The number of hydrogen-bond donors (Lipinski definition) is 2. The Morgan fingerprint density at radius 3 is 2.45 bits per heavy atom. The predicted molar refractivity (Wildman–Crippen MR) is 116 cm³/mol. The zero-order chi connectivity index (χ0) is 22.2. The number of nitrogens with zero attached hydrogens (tertiary/aromatic N) is 1. The van der Waals surface area contributed by atoms with Gasteiger partial charge in [-0.05, 0) is 54.9 Å². The van der Waals surface area contributed by atoms with Crippen LogP contribution >= 0.6 is 0 Å². The van der Waals surface area contributed by atoms with E-state index in [1.54, 1.807) is 6.07 Å². The SMILES string of the molecule is C[C@H]1CCC[C@H](C2CC3CC(F)(F)C[C@H]3C2)C1.NC(=O)c1nccc2[nH]ccc(=O)c12. The molecule has 2 aromatic heterocycles. The summed E-state index contributed by atoms with van der Waals surface area (Å²) in [5.41, 5.74) is 5.39. The van der Waals surface area contributed by atoms with Crippen molar-refractivity contribution in [1.82, 2.24) is 9.97 Å². The molecule has 3 aliphatic carbocycles. The lowest BCUT2D eigenvalue weighted by atomic mass is 9.74. The van der Waals surface area contributed by atoms with Gasteiger partial charge in [0.15, 0.2) is 5.43 Å². The van der Waals surface area contributed by atoms with Crippen molar-refractivity contribution in [2.45, 2.75) is 64.2 Å². The molecule has 0 spiro atoms. The maximum atomic E-state index is 13.3. The highest BCUT2D eigenvalue weighted by molar-refractivity contribution is 6.03. The number of H-pyrrole nitrogens is 1. The maximum absolute atomic E-state index is 13.3. The van der Waals surface area contributed by atoms with E-state index in [0.717, 1.165) is 30.6 Å². The van der Waals surface area contributed by atoms with Crippen LogP contribution in [0.2, 0.25) is 0 Å². The van der Waals surface area contributed by atoms with Gasteiger partial charge in [0.25, 0.3) is 5.91 Å². The summed E-state index contributed by atoms with van der Waals surface area (Å²) in [6.07, 6.45) is 11.0. The summed E-state index contributed by atoms with van der Waals surface area (Å²) < 4.78 is 26.6. The second-order valence-electron chi connectivity index (χ2n) is 9.84. The highest BCUT2D eigenvalue weighted by Gasteiger charge is 2.51. The molecule has 3 fully saturated rings. The number of carbonyl (C=O) groups is 1. The largest absolute Gasteiger partial charge is 0.364 e. The number of nitrogens with two attached hydrogens (primary N) is 1. The van der Waals surface area contributed by atoms with E-state index < -0.39 is 11.8 Å². The fourth-order valence-electron chi connectivity index (χ4n) is 6.21. The van der Waals surface area contributed by atoms with Gasteiger partial charge in [-0.25, -0.2) is 8.78 Å². The minimum atomic E-state index is -2.33. The number of carbonyl (C=O) groups excluding carboxylic acids is 1. The first-order valence-electron chi connectivity index (χ1n) is 11.4. The van der Waals surface area contributed by atoms with Crippen LogP contribution in [-0.4, -0.2) is 21.8 Å². The molecular weight excluding hydrogens is 400 g/mol. The number of aromatic nitrogens is 2. The van der Waals surface area contributed by atoms with Gasteiger partial charge in [0.05, 0.1) is 10.9 Å². The molecular formula is C24H31F2N3O2. The number of nitrogens with one attached hydrogen (secondary N) is 1. The number of hydrogen-bond acceptors (Lipinski definition) is 3. The number of primary amides is 1. The molecule has 3 aliphatic rings. The minimum Gasteiger partial charge on any atom is -0.364 e. The number of amides is 1. The number of halogens is 2. The standard InChI is InChI=1S/C15H24F2.C9H7N3O2/c1-10-3-2-4-11(5-10)12-6-13-8-15(16,17)9-14(13)7-12;10-9(14)8-7-5(1-3-12-8)11-4-2-6(7)13/h10-14H,2-9H2,1H3;1-4H,(H2,10,14)(H,11,13)/t10-,11-,12?,13+,14?;/m0./s1. The molecule has 0 bridgehead atoms. The summed E-state index contributed by atoms with van der Waals surface area (Å²) in [6.45, 7) is 2.36. The molecule has 0 aliphatic heterocycles. The summed E-state index contributed by atoms with van der Waals surface area (Å²) in [4.78, 5) is 29.0. The van der Waals surface area contributed by atoms with Crippen molar-refractivity contribution >= 4 is 16.8 Å². The normalized spacial score (nSPS) is 31.6. The molecule has 3 N–H and O–H groups in total. The van der Waals surface area contributed by atoms with Crippen molar-refractivity contribution in [3.8, 4) is 0 Å². The first kappa shape index (κ1) is 21.9. The zero-order valence-corrected chi connectivity index (χ0v) is 17.9. The first-order valence-corrected chi connectivity index (χ1v) is 11.4. The summed E-state index contributed by atoms with van der Waals surface area (Å²) in [5.74, 6) is 0.185. The highest BCUT2D eigenvalue weighted by atomic mass is 19.3. The van der Waals surface area contributed by atoms with E-state index >= 15 is 0 Å². The molecule has 5 atom stereocenters. The van der Waals surface area contributed by atoms with E-state index in [4.69, 9.17) is 5.73 Å². The monoisotopic (exact) mass is 431 g/mol. The second-order valence-corrected chi connectivity index (χ2v) is 9.84. The summed E-state index contributed by atoms with van der Waals surface area (Å²) in [6, 6.07) is 2.94. The van der Waals surface area contributed by atoms with Gasteiger partial charge in [-0.3, -0.25) is 14.6 Å². The predicted octanol–water partition coefficient (Wildman–Crippen LogP) is 4.91. The summed E-state index contributed by atoms with van der Waals surface area (Å²) >= 11 is 0. The van der Waals surface area contributed by atoms with E-state index in [0.29, 0.717) is 17.4 Å². The van der Waals surface area contributed by atoms with Crippen molar-refractivity contribution in [1.29, 1.82) is 0 Å². The molecule has 2 aromatic rings. The molecule has 0 aromatic carbocycles. The van der Waals surface area contributed by atoms with Crippen molar-refractivity contribution in [3.05, 3.63) is 40.4 Å². The minimum absolute atomic E-state index is 0.00403. The van der Waals surface area contributed by atoms with E-state index in [2.05, 4.69) is 16.9 Å². The van der Waals surface area contributed by atoms with Gasteiger partial charge in [0, 0.05) is 31.3 Å². The van der Waals surface area contributed by atoms with Gasteiger partial charge in [-0.2, -0.15) is 0 Å². The van der Waals surface area contributed by atoms with Gasteiger partial charge in [0.2, 0.25) is 5.92 Å². The zero-order valence-electron chi connectivity index (χ0n) is 17.9. The maximum Gasteiger partial charge on any atom is 0.268 e. The van der Waals surface area contributed by atoms with Gasteiger partial charge in [-0.15, -0.1) is 0 Å². The Morgan fingerprint density at radius 1 is 1.10 bits per heavy atom. The Labute approximate surface area is 180 Å². The van der Waals surface area contributed by atoms with Crippen LogP contribution in [0.1, 0.15) is 68.8 Å². The van der Waals surface area contributed by atoms with Crippen molar-refractivity contribution < 1.29 is 13.6 Å². The van der Waals surface area contributed by atoms with Crippen LogP contribution < -0.4 is 11.2 Å². The topological polar surface area (TPSA) is 88.8 Å². The summed E-state index contributed by atoms with van der Waals surface area (Å²) in [7, 11) is 0. The van der Waals surface area contributed by atoms with E-state index in [9.17, 15) is 18.4 Å². The smallest absolute Gasteiger partial charge is 0.268 e. The third kappa shape index (κ3) is 4.80. The van der Waals surface area contributed by atoms with E-state index in [1.807, 2.05) is 0 Å². The fourth-order valence-corrected chi connectivity index (χ4v) is 6.21. The Kier molecular flexibility index (Phi) is 6.13. The van der Waals surface area contributed by atoms with Crippen molar-refractivity contribution in [2.24, 2.45) is 35.3 Å². The number of alkyl halides is 2. The third-order valence-electron chi connectivity index (χ3n) is 7.55. The van der Waals surface area contributed by atoms with Gasteiger partial charge in [-0.1, -0.05) is 26.2 Å². The molecule has 1 amide bonds. The molecule has 168 valence electrons. The lowest BCUT2D eigenvalue weighted by molar-refractivity contribution is -0.00267. The van der Waals surface area contributed by atoms with E-state index in [-0.39, 0.29) is 29.4 Å². The molecule has 7 heteroatoms. The molecule has 31 heavy (non-hydrogen) atoms. The van der Waals surface area contributed by atoms with Crippen LogP contribution in [0.5, 0.6) is 0 Å². The van der Waals surface area contributed by atoms with Crippen LogP contribution in [0.3, 0.4) is 0 Å². The number of aromatic amines is 1. The molecule has 5 nitrogen and oxygen atoms in total. The lowest BCUT2D eigenvalue weighted by Gasteiger charge is -2.32. The first-order chi connectivity index (χ1) is 14.7. The quantitative estimate of drug-likeness (QED) is 0.708. The molecule has 0 saturated heterocycles. The molecule has 2 unspecified atom stereocenters. The van der Waals surface area contributed by atoms with Gasteiger partial charge < -0.3 is 10.7 Å².